The van der Waals surface area contributed by atoms with Crippen molar-refractivity contribution in [1.82, 2.24) is 10.2 Å². The van der Waals surface area contributed by atoms with Gasteiger partial charge in [0.2, 0.25) is 21.8 Å². The lowest BCUT2D eigenvalue weighted by Gasteiger charge is -2.35. The third-order valence-corrected chi connectivity index (χ3v) is 9.34. The Morgan fingerprint density at radius 3 is 2.30 bits per heavy atom. The average molecular weight is 647 g/mol. The molecular weight excluding hydrogens is 609 g/mol. The molecule has 0 saturated heterocycles. The van der Waals surface area contributed by atoms with Crippen molar-refractivity contribution in [3.8, 4) is 5.75 Å². The fourth-order valence-electron chi connectivity index (χ4n) is 5.36. The van der Waals surface area contributed by atoms with E-state index in [9.17, 15) is 18.0 Å². The van der Waals surface area contributed by atoms with Crippen LogP contribution in [0, 0.1) is 0 Å². The van der Waals surface area contributed by atoms with Gasteiger partial charge in [-0.2, -0.15) is 0 Å². The number of carbonyl (C=O) groups is 2. The lowest BCUT2D eigenvalue weighted by molar-refractivity contribution is -0.140. The Labute approximate surface area is 264 Å². The summed E-state index contributed by atoms with van der Waals surface area (Å²) < 4.78 is 32.6. The van der Waals surface area contributed by atoms with Crippen LogP contribution in [0.2, 0.25) is 10.0 Å². The highest BCUT2D eigenvalue weighted by Crippen LogP contribution is 2.33. The van der Waals surface area contributed by atoms with Crippen LogP contribution < -0.4 is 14.4 Å². The Morgan fingerprint density at radius 2 is 1.65 bits per heavy atom. The maximum Gasteiger partial charge on any atom is 0.244 e. The standard InChI is InChI=1S/C32H37Cl2N3O5S/c1-42-30-18-17-25(33)20-28(30)37(43(2,40)41)22-31(38)36(21-24-13-9-10-16-27(24)34)29(19-23-11-5-3-6-12-23)32(39)35-26-14-7-4-8-15-26/h3,5-6,9-13,16-18,20,26,29H,4,7-8,14-15,19,21-22H2,1-2H3,(H,35,39). The fourth-order valence-corrected chi connectivity index (χ4v) is 6.57. The van der Waals surface area contributed by atoms with Crippen LogP contribution >= 0.6 is 23.2 Å². The van der Waals surface area contributed by atoms with Crippen LogP contribution in [0.15, 0.2) is 72.8 Å². The smallest absolute Gasteiger partial charge is 0.244 e. The van der Waals surface area contributed by atoms with Gasteiger partial charge >= 0.3 is 0 Å². The maximum atomic E-state index is 14.3. The SMILES string of the molecule is COc1ccc(Cl)cc1N(CC(=O)N(Cc1ccccc1Cl)C(Cc1ccccc1)C(=O)NC1CCCCC1)S(C)(=O)=O. The summed E-state index contributed by atoms with van der Waals surface area (Å²) in [6, 6.07) is 20.2. The van der Waals surface area contributed by atoms with E-state index in [2.05, 4.69) is 5.32 Å². The molecule has 1 atom stereocenters. The molecule has 11 heteroatoms. The van der Waals surface area contributed by atoms with Crippen LogP contribution in [0.25, 0.3) is 0 Å². The second-order valence-corrected chi connectivity index (χ2v) is 13.5. The van der Waals surface area contributed by atoms with Gasteiger partial charge in [0, 0.05) is 29.1 Å². The lowest BCUT2D eigenvalue weighted by atomic mass is 9.94. The summed E-state index contributed by atoms with van der Waals surface area (Å²) in [7, 11) is -2.58. The molecule has 1 saturated carbocycles. The van der Waals surface area contributed by atoms with Crippen LogP contribution in [0.4, 0.5) is 5.69 Å². The minimum absolute atomic E-state index is 0.00161. The molecule has 43 heavy (non-hydrogen) atoms. The van der Waals surface area contributed by atoms with Gasteiger partial charge in [-0.1, -0.05) is 91.0 Å². The highest BCUT2D eigenvalue weighted by atomic mass is 35.5. The summed E-state index contributed by atoms with van der Waals surface area (Å²) in [6.07, 6.45) is 6.18. The number of hydrogen-bond acceptors (Lipinski definition) is 5. The Morgan fingerprint density at radius 1 is 0.977 bits per heavy atom. The number of hydrogen-bond donors (Lipinski definition) is 1. The average Bonchev–Trinajstić information content (AvgIpc) is 2.99. The highest BCUT2D eigenvalue weighted by molar-refractivity contribution is 7.92. The quantitative estimate of drug-likeness (QED) is 0.266. The van der Waals surface area contributed by atoms with Crippen molar-refractivity contribution in [1.29, 1.82) is 0 Å². The van der Waals surface area contributed by atoms with Gasteiger partial charge in [0.1, 0.15) is 18.3 Å². The third kappa shape index (κ3) is 8.87. The second kappa shape index (κ2) is 14.9. The number of ether oxygens (including phenoxy) is 1. The van der Waals surface area contributed by atoms with Gasteiger partial charge in [0.25, 0.3) is 0 Å². The monoisotopic (exact) mass is 645 g/mol. The fraction of sp³-hybridized carbons (Fsp3) is 0.375. The molecule has 2 amide bonds. The second-order valence-electron chi connectivity index (χ2n) is 10.7. The summed E-state index contributed by atoms with van der Waals surface area (Å²) in [5.74, 6) is -0.634. The van der Waals surface area contributed by atoms with Crippen molar-refractivity contribution in [3.63, 3.8) is 0 Å². The van der Waals surface area contributed by atoms with Gasteiger partial charge in [0.15, 0.2) is 0 Å². The largest absolute Gasteiger partial charge is 0.495 e. The molecule has 0 heterocycles. The van der Waals surface area contributed by atoms with E-state index in [1.54, 1.807) is 30.3 Å². The number of methoxy groups -OCH3 is 1. The van der Waals surface area contributed by atoms with E-state index < -0.39 is 28.5 Å². The molecule has 0 aliphatic heterocycles. The minimum Gasteiger partial charge on any atom is -0.495 e. The topological polar surface area (TPSA) is 96.0 Å². The van der Waals surface area contributed by atoms with Gasteiger partial charge < -0.3 is 15.0 Å². The zero-order valence-electron chi connectivity index (χ0n) is 24.3. The first kappa shape index (κ1) is 32.6. The summed E-state index contributed by atoms with van der Waals surface area (Å²) >= 11 is 12.8. The zero-order valence-corrected chi connectivity index (χ0v) is 26.7. The summed E-state index contributed by atoms with van der Waals surface area (Å²) in [5.41, 5.74) is 1.61. The molecule has 3 aromatic rings. The first-order valence-corrected chi connectivity index (χ1v) is 16.9. The molecule has 3 aromatic carbocycles. The summed E-state index contributed by atoms with van der Waals surface area (Å²) in [6.45, 7) is -0.583. The first-order chi connectivity index (χ1) is 20.6. The van der Waals surface area contributed by atoms with Crippen LogP contribution in [-0.2, 0) is 32.6 Å². The van der Waals surface area contributed by atoms with Crippen LogP contribution in [0.3, 0.4) is 0 Å². The number of benzene rings is 3. The van der Waals surface area contributed by atoms with Crippen LogP contribution in [0.5, 0.6) is 5.75 Å². The number of nitrogens with zero attached hydrogens (tertiary/aromatic N) is 2. The van der Waals surface area contributed by atoms with Crippen LogP contribution in [0.1, 0.15) is 43.2 Å². The summed E-state index contributed by atoms with van der Waals surface area (Å²) in [4.78, 5) is 29.8. The molecule has 4 rings (SSSR count). The normalized spacial score (nSPS) is 14.5. The predicted molar refractivity (Wildman–Crippen MR) is 171 cm³/mol. The number of carbonyl (C=O) groups excluding carboxylic acids is 2. The van der Waals surface area contributed by atoms with E-state index in [0.717, 1.165) is 48.2 Å². The van der Waals surface area contributed by atoms with E-state index in [0.29, 0.717) is 10.6 Å². The number of rotatable bonds is 12. The van der Waals surface area contributed by atoms with E-state index in [4.69, 9.17) is 27.9 Å². The van der Waals surface area contributed by atoms with Crippen molar-refractivity contribution in [2.75, 3.05) is 24.2 Å². The van der Waals surface area contributed by atoms with Crippen molar-refractivity contribution in [3.05, 3.63) is 94.0 Å². The van der Waals surface area contributed by atoms with E-state index in [-0.39, 0.29) is 41.4 Å². The number of anilines is 1. The molecular formula is C32H37Cl2N3O5S. The minimum atomic E-state index is -3.98. The lowest BCUT2D eigenvalue weighted by Crippen LogP contribution is -2.55. The highest BCUT2D eigenvalue weighted by Gasteiger charge is 2.35. The molecule has 1 unspecified atom stereocenters. The first-order valence-electron chi connectivity index (χ1n) is 14.2. The molecule has 8 nitrogen and oxygen atoms in total. The molecule has 1 N–H and O–H groups in total. The predicted octanol–water partition coefficient (Wildman–Crippen LogP) is 5.86. The molecule has 0 radical (unpaired) electrons. The Kier molecular flexibility index (Phi) is 11.3. The van der Waals surface area contributed by atoms with Gasteiger partial charge in [-0.05, 0) is 48.2 Å². The molecule has 230 valence electrons. The van der Waals surface area contributed by atoms with Gasteiger partial charge in [-0.25, -0.2) is 8.42 Å². The van der Waals surface area contributed by atoms with E-state index in [1.165, 1.54) is 24.1 Å². The molecule has 1 aliphatic rings. The van der Waals surface area contributed by atoms with Gasteiger partial charge in [0.05, 0.1) is 19.1 Å². The number of amides is 2. The Balaban J connectivity index is 1.76. The van der Waals surface area contributed by atoms with Crippen LogP contribution in [-0.4, -0.2) is 57.1 Å². The number of nitrogens with one attached hydrogen (secondary N) is 1. The third-order valence-electron chi connectivity index (χ3n) is 7.61. The van der Waals surface area contributed by atoms with E-state index in [1.807, 2.05) is 30.3 Å². The molecule has 0 aromatic heterocycles. The zero-order chi connectivity index (χ0) is 31.0. The van der Waals surface area contributed by atoms with Crippen molar-refractivity contribution < 1.29 is 22.7 Å². The van der Waals surface area contributed by atoms with Gasteiger partial charge in [-0.3, -0.25) is 13.9 Å². The molecule has 0 bridgehead atoms. The molecule has 1 fully saturated rings. The van der Waals surface area contributed by atoms with Crippen molar-refractivity contribution >= 4 is 50.7 Å². The Bertz CT molecular complexity index is 1510. The van der Waals surface area contributed by atoms with Gasteiger partial charge in [-0.15, -0.1) is 0 Å². The van der Waals surface area contributed by atoms with E-state index >= 15 is 0 Å². The number of halogens is 2. The van der Waals surface area contributed by atoms with Crippen molar-refractivity contribution in [2.45, 2.75) is 57.2 Å². The Hall–Kier alpha value is -3.27. The summed E-state index contributed by atoms with van der Waals surface area (Å²) in [5, 5.41) is 3.89. The molecule has 1 aliphatic carbocycles. The number of sulfonamides is 1. The molecule has 0 spiro atoms. The maximum absolute atomic E-state index is 14.3. The van der Waals surface area contributed by atoms with Crippen molar-refractivity contribution in [2.24, 2.45) is 0 Å².